The number of nitrogens with one attached hydrogen (secondary N) is 2. The summed E-state index contributed by atoms with van der Waals surface area (Å²) in [7, 11) is 1.73. The van der Waals surface area contributed by atoms with Crippen molar-refractivity contribution >= 4 is 51.5 Å². The second-order valence-corrected chi connectivity index (χ2v) is 6.12. The van der Waals surface area contributed by atoms with Gasteiger partial charge in [-0.3, -0.25) is 9.39 Å². The van der Waals surface area contributed by atoms with E-state index in [9.17, 15) is 0 Å². The van der Waals surface area contributed by atoms with Crippen LogP contribution >= 0.6 is 39.9 Å². The first-order valence-electron chi connectivity index (χ1n) is 7.88. The van der Waals surface area contributed by atoms with Gasteiger partial charge in [-0.1, -0.05) is 28.1 Å². The molecule has 3 aromatic rings. The van der Waals surface area contributed by atoms with Crippen molar-refractivity contribution in [1.82, 2.24) is 25.2 Å². The molecule has 0 unspecified atom stereocenters. The molecular formula is C17H20BrIN6O. The lowest BCUT2D eigenvalue weighted by Gasteiger charge is -2.12. The number of nitrogens with zero attached hydrogens (tertiary/aromatic N) is 4. The van der Waals surface area contributed by atoms with Crippen LogP contribution in [0.2, 0.25) is 0 Å². The maximum absolute atomic E-state index is 5.69. The Balaban J connectivity index is 0.00000243. The number of aliphatic imine (C=N–C) groups is 1. The fourth-order valence-corrected chi connectivity index (χ4v) is 2.67. The molecule has 0 atom stereocenters. The minimum absolute atomic E-state index is 0. The third-order valence-electron chi connectivity index (χ3n) is 3.48. The molecule has 0 saturated carbocycles. The Morgan fingerprint density at radius 2 is 2.08 bits per heavy atom. The Labute approximate surface area is 177 Å². The number of hydrogen-bond donors (Lipinski definition) is 2. The van der Waals surface area contributed by atoms with Gasteiger partial charge in [0.25, 0.3) is 0 Å². The largest absolute Gasteiger partial charge is 0.492 e. The molecule has 0 aliphatic rings. The maximum atomic E-state index is 5.69. The SMILES string of the molecule is CN=C(NCCOc1cccc(Br)c1)NCc1nnc2ccccn12.I. The highest BCUT2D eigenvalue weighted by Gasteiger charge is 2.05. The minimum atomic E-state index is 0. The van der Waals surface area contributed by atoms with Gasteiger partial charge in [0.05, 0.1) is 13.1 Å². The van der Waals surface area contributed by atoms with Crippen LogP contribution in [0.3, 0.4) is 0 Å². The smallest absolute Gasteiger partial charge is 0.191 e. The lowest BCUT2D eigenvalue weighted by molar-refractivity contribution is 0.321. The molecule has 0 saturated heterocycles. The molecule has 0 amide bonds. The summed E-state index contributed by atoms with van der Waals surface area (Å²) in [4.78, 5) is 4.20. The number of benzene rings is 1. The van der Waals surface area contributed by atoms with Crippen LogP contribution in [-0.4, -0.2) is 40.8 Å². The number of rotatable bonds is 6. The molecule has 7 nitrogen and oxygen atoms in total. The number of fused-ring (bicyclic) bond motifs is 1. The molecule has 138 valence electrons. The van der Waals surface area contributed by atoms with Gasteiger partial charge in [-0.25, -0.2) is 0 Å². The molecule has 0 aliphatic carbocycles. The summed E-state index contributed by atoms with van der Waals surface area (Å²) in [6.45, 7) is 1.69. The number of ether oxygens (including phenoxy) is 1. The topological polar surface area (TPSA) is 75.8 Å². The third kappa shape index (κ3) is 5.56. The summed E-state index contributed by atoms with van der Waals surface area (Å²) >= 11 is 3.42. The molecule has 0 fully saturated rings. The van der Waals surface area contributed by atoms with Gasteiger partial charge in [0.15, 0.2) is 17.4 Å². The Kier molecular flexibility index (Phi) is 8.10. The zero-order valence-corrected chi connectivity index (χ0v) is 18.1. The van der Waals surface area contributed by atoms with Crippen LogP contribution in [0, 0.1) is 0 Å². The summed E-state index contributed by atoms with van der Waals surface area (Å²) in [5.74, 6) is 2.34. The third-order valence-corrected chi connectivity index (χ3v) is 3.97. The minimum Gasteiger partial charge on any atom is -0.492 e. The van der Waals surface area contributed by atoms with E-state index in [-0.39, 0.29) is 24.0 Å². The van der Waals surface area contributed by atoms with Crippen molar-refractivity contribution in [2.45, 2.75) is 6.54 Å². The Morgan fingerprint density at radius 3 is 2.88 bits per heavy atom. The van der Waals surface area contributed by atoms with Gasteiger partial charge in [0.1, 0.15) is 12.4 Å². The summed E-state index contributed by atoms with van der Waals surface area (Å²) in [6, 6.07) is 13.6. The molecule has 3 rings (SSSR count). The molecule has 2 aromatic heterocycles. The van der Waals surface area contributed by atoms with E-state index < -0.39 is 0 Å². The van der Waals surface area contributed by atoms with Crippen LogP contribution in [-0.2, 0) is 6.54 Å². The summed E-state index contributed by atoms with van der Waals surface area (Å²) in [5.41, 5.74) is 0.824. The van der Waals surface area contributed by atoms with Crippen molar-refractivity contribution < 1.29 is 4.74 Å². The highest BCUT2D eigenvalue weighted by Crippen LogP contribution is 2.17. The fraction of sp³-hybridized carbons (Fsp3) is 0.235. The van der Waals surface area contributed by atoms with E-state index in [0.29, 0.717) is 25.7 Å². The Morgan fingerprint density at radius 1 is 1.19 bits per heavy atom. The Hall–Kier alpha value is -1.88. The Bertz CT molecular complexity index is 869. The number of hydrogen-bond acceptors (Lipinski definition) is 4. The molecule has 0 aliphatic heterocycles. The zero-order valence-electron chi connectivity index (χ0n) is 14.2. The maximum Gasteiger partial charge on any atom is 0.191 e. The molecule has 26 heavy (non-hydrogen) atoms. The van der Waals surface area contributed by atoms with Crippen LogP contribution in [0.15, 0.2) is 58.1 Å². The zero-order chi connectivity index (χ0) is 17.5. The van der Waals surface area contributed by atoms with Gasteiger partial charge in [-0.2, -0.15) is 0 Å². The molecule has 0 bridgehead atoms. The lowest BCUT2D eigenvalue weighted by Crippen LogP contribution is -2.39. The predicted octanol–water partition coefficient (Wildman–Crippen LogP) is 2.85. The van der Waals surface area contributed by atoms with Gasteiger partial charge >= 0.3 is 0 Å². The molecule has 1 aromatic carbocycles. The van der Waals surface area contributed by atoms with E-state index in [1.165, 1.54) is 0 Å². The number of aromatic nitrogens is 3. The van der Waals surface area contributed by atoms with E-state index in [1.54, 1.807) is 7.05 Å². The van der Waals surface area contributed by atoms with Gasteiger partial charge in [0.2, 0.25) is 0 Å². The van der Waals surface area contributed by atoms with Crippen LogP contribution < -0.4 is 15.4 Å². The van der Waals surface area contributed by atoms with Crippen LogP contribution in [0.5, 0.6) is 5.75 Å². The number of guanidine groups is 1. The summed E-state index contributed by atoms with van der Waals surface area (Å²) in [6.07, 6.45) is 1.94. The normalized spacial score (nSPS) is 11.1. The molecular weight excluding hydrogens is 511 g/mol. The second-order valence-electron chi connectivity index (χ2n) is 5.20. The van der Waals surface area contributed by atoms with Crippen molar-refractivity contribution in [3.8, 4) is 5.75 Å². The van der Waals surface area contributed by atoms with Crippen molar-refractivity contribution in [3.63, 3.8) is 0 Å². The number of halogens is 2. The van der Waals surface area contributed by atoms with E-state index in [1.807, 2.05) is 53.1 Å². The van der Waals surface area contributed by atoms with Crippen LogP contribution in [0.1, 0.15) is 5.82 Å². The van der Waals surface area contributed by atoms with Crippen molar-refractivity contribution in [2.75, 3.05) is 20.2 Å². The average Bonchev–Trinajstić information content (AvgIpc) is 3.04. The average molecular weight is 531 g/mol. The highest BCUT2D eigenvalue weighted by molar-refractivity contribution is 14.0. The van der Waals surface area contributed by atoms with Crippen molar-refractivity contribution in [2.24, 2.45) is 4.99 Å². The number of pyridine rings is 1. The van der Waals surface area contributed by atoms with E-state index >= 15 is 0 Å². The highest BCUT2D eigenvalue weighted by atomic mass is 127. The summed E-state index contributed by atoms with van der Waals surface area (Å²) in [5, 5.41) is 14.7. The first-order valence-corrected chi connectivity index (χ1v) is 8.67. The molecule has 2 N–H and O–H groups in total. The second kappa shape index (κ2) is 10.3. The first-order chi connectivity index (χ1) is 12.3. The monoisotopic (exact) mass is 530 g/mol. The first kappa shape index (κ1) is 20.4. The van der Waals surface area contributed by atoms with Crippen molar-refractivity contribution in [3.05, 3.63) is 59.0 Å². The molecule has 9 heteroatoms. The standard InChI is InChI=1S/C17H19BrN6O.HI/c1-19-17(20-8-10-25-14-6-4-5-13(18)11-14)21-12-16-23-22-15-7-2-3-9-24(15)16;/h2-7,9,11H,8,10,12H2,1H3,(H2,19,20,21);1H. The van der Waals surface area contributed by atoms with Gasteiger partial charge in [-0.05, 0) is 30.3 Å². The van der Waals surface area contributed by atoms with Crippen LogP contribution in [0.4, 0.5) is 0 Å². The fourth-order valence-electron chi connectivity index (χ4n) is 2.29. The van der Waals surface area contributed by atoms with Gasteiger partial charge in [0, 0.05) is 17.7 Å². The summed E-state index contributed by atoms with van der Waals surface area (Å²) < 4.78 is 8.63. The van der Waals surface area contributed by atoms with Gasteiger partial charge < -0.3 is 15.4 Å². The van der Waals surface area contributed by atoms with Gasteiger partial charge in [-0.15, -0.1) is 34.2 Å². The molecule has 0 radical (unpaired) electrons. The quantitative estimate of drug-likeness (QED) is 0.222. The van der Waals surface area contributed by atoms with E-state index in [0.717, 1.165) is 21.7 Å². The molecule has 0 spiro atoms. The van der Waals surface area contributed by atoms with E-state index in [4.69, 9.17) is 4.74 Å². The predicted molar refractivity (Wildman–Crippen MR) is 116 cm³/mol. The lowest BCUT2D eigenvalue weighted by atomic mass is 10.3. The molecule has 2 heterocycles. The van der Waals surface area contributed by atoms with E-state index in [2.05, 4.69) is 41.8 Å². The van der Waals surface area contributed by atoms with Crippen LogP contribution in [0.25, 0.3) is 5.65 Å². The van der Waals surface area contributed by atoms with Crippen molar-refractivity contribution in [1.29, 1.82) is 0 Å².